The summed E-state index contributed by atoms with van der Waals surface area (Å²) in [6.07, 6.45) is 0.906. The maximum Gasteiger partial charge on any atom is 0.341 e. The van der Waals surface area contributed by atoms with E-state index in [-0.39, 0.29) is 0 Å². The highest BCUT2D eigenvalue weighted by molar-refractivity contribution is 5.90. The molecule has 0 aliphatic rings. The molecule has 1 heterocycles. The molecule has 0 aliphatic carbocycles. The number of methoxy groups -OCH3 is 1. The molecule has 1 aromatic heterocycles. The molecule has 0 amide bonds. The summed E-state index contributed by atoms with van der Waals surface area (Å²) in [6.45, 7) is 11.4. The predicted octanol–water partition coefficient (Wildman–Crippen LogP) is 2.49. The Bertz CT molecular complexity index is 553. The molecule has 0 saturated heterocycles. The number of esters is 1. The third-order valence-electron chi connectivity index (χ3n) is 3.32. The van der Waals surface area contributed by atoms with Gasteiger partial charge < -0.3 is 24.5 Å². The molecule has 0 fully saturated rings. The zero-order valence-corrected chi connectivity index (χ0v) is 16.0. The Morgan fingerprint density at radius 3 is 2.76 bits per heavy atom. The second-order valence-corrected chi connectivity index (χ2v) is 6.12. The normalized spacial score (nSPS) is 11.7. The number of aliphatic imine (C=N–C) groups is 1. The SMILES string of the molecule is CCNC(=NCc1cc(C(=O)OC)c(C)o1)NCCCOCC(C)C. The fourth-order valence-corrected chi connectivity index (χ4v) is 2.13. The van der Waals surface area contributed by atoms with Gasteiger partial charge in [-0.05, 0) is 32.3 Å². The maximum absolute atomic E-state index is 11.6. The van der Waals surface area contributed by atoms with Crippen molar-refractivity contribution >= 4 is 11.9 Å². The molecule has 142 valence electrons. The first kappa shape index (κ1) is 21.0. The Morgan fingerprint density at radius 2 is 2.12 bits per heavy atom. The van der Waals surface area contributed by atoms with Gasteiger partial charge in [-0.3, -0.25) is 0 Å². The van der Waals surface area contributed by atoms with Gasteiger partial charge in [0.15, 0.2) is 5.96 Å². The number of rotatable bonds is 10. The summed E-state index contributed by atoms with van der Waals surface area (Å²) < 4.78 is 15.8. The van der Waals surface area contributed by atoms with Crippen molar-refractivity contribution in [2.75, 3.05) is 33.4 Å². The van der Waals surface area contributed by atoms with E-state index in [2.05, 4.69) is 29.5 Å². The zero-order chi connectivity index (χ0) is 18.7. The average Bonchev–Trinajstić information content (AvgIpc) is 2.95. The number of carbonyl (C=O) groups is 1. The van der Waals surface area contributed by atoms with Crippen LogP contribution in [0.1, 0.15) is 49.1 Å². The summed E-state index contributed by atoms with van der Waals surface area (Å²) in [6, 6.07) is 1.67. The number of carbonyl (C=O) groups excluding carboxylic acids is 1. The lowest BCUT2D eigenvalue weighted by Crippen LogP contribution is -2.38. The van der Waals surface area contributed by atoms with Crippen LogP contribution in [0.3, 0.4) is 0 Å². The highest BCUT2D eigenvalue weighted by atomic mass is 16.5. The van der Waals surface area contributed by atoms with Crippen molar-refractivity contribution in [3.8, 4) is 0 Å². The van der Waals surface area contributed by atoms with E-state index in [1.165, 1.54) is 7.11 Å². The van der Waals surface area contributed by atoms with E-state index in [1.807, 2.05) is 6.92 Å². The number of aryl methyl sites for hydroxylation is 1. The number of nitrogens with one attached hydrogen (secondary N) is 2. The lowest BCUT2D eigenvalue weighted by Gasteiger charge is -2.11. The summed E-state index contributed by atoms with van der Waals surface area (Å²) in [7, 11) is 1.35. The van der Waals surface area contributed by atoms with Crippen molar-refractivity contribution in [2.24, 2.45) is 10.9 Å². The van der Waals surface area contributed by atoms with Crippen LogP contribution < -0.4 is 10.6 Å². The lowest BCUT2D eigenvalue weighted by molar-refractivity contribution is 0.0599. The van der Waals surface area contributed by atoms with Gasteiger partial charge in [0, 0.05) is 26.3 Å². The van der Waals surface area contributed by atoms with Crippen molar-refractivity contribution in [3.05, 3.63) is 23.2 Å². The molecule has 2 N–H and O–H groups in total. The number of hydrogen-bond donors (Lipinski definition) is 2. The standard InChI is InChI=1S/C18H31N3O4/c1-6-19-18(20-8-7-9-24-12-13(2)3)21-11-15-10-16(14(4)25-15)17(22)23-5/h10,13H,6-9,11-12H2,1-5H3,(H2,19,20,21). The van der Waals surface area contributed by atoms with Crippen molar-refractivity contribution in [1.82, 2.24) is 10.6 Å². The van der Waals surface area contributed by atoms with Crippen LogP contribution in [0.4, 0.5) is 0 Å². The molecule has 0 saturated carbocycles. The summed E-state index contributed by atoms with van der Waals surface area (Å²) in [5.74, 6) is 2.02. The zero-order valence-electron chi connectivity index (χ0n) is 16.0. The van der Waals surface area contributed by atoms with Crippen molar-refractivity contribution in [3.63, 3.8) is 0 Å². The summed E-state index contributed by atoms with van der Waals surface area (Å²) >= 11 is 0. The molecule has 0 atom stereocenters. The van der Waals surface area contributed by atoms with Gasteiger partial charge in [0.1, 0.15) is 23.6 Å². The molecule has 0 unspecified atom stereocenters. The predicted molar refractivity (Wildman–Crippen MR) is 97.9 cm³/mol. The number of guanidine groups is 1. The number of nitrogens with zero attached hydrogens (tertiary/aromatic N) is 1. The Hall–Kier alpha value is -2.02. The number of ether oxygens (including phenoxy) is 2. The Morgan fingerprint density at radius 1 is 1.36 bits per heavy atom. The van der Waals surface area contributed by atoms with E-state index in [9.17, 15) is 4.79 Å². The molecular weight excluding hydrogens is 322 g/mol. The minimum absolute atomic E-state index is 0.344. The van der Waals surface area contributed by atoms with E-state index in [0.717, 1.165) is 32.7 Å². The highest BCUT2D eigenvalue weighted by Crippen LogP contribution is 2.16. The van der Waals surface area contributed by atoms with Crippen LogP contribution in [0, 0.1) is 12.8 Å². The van der Waals surface area contributed by atoms with Crippen molar-refractivity contribution in [2.45, 2.75) is 40.7 Å². The average molecular weight is 353 g/mol. The van der Waals surface area contributed by atoms with E-state index in [4.69, 9.17) is 13.9 Å². The monoisotopic (exact) mass is 353 g/mol. The van der Waals surface area contributed by atoms with Gasteiger partial charge in [-0.1, -0.05) is 13.8 Å². The van der Waals surface area contributed by atoms with Gasteiger partial charge in [-0.15, -0.1) is 0 Å². The van der Waals surface area contributed by atoms with Gasteiger partial charge in [0.2, 0.25) is 0 Å². The first-order valence-corrected chi connectivity index (χ1v) is 8.75. The van der Waals surface area contributed by atoms with Gasteiger partial charge in [0.05, 0.1) is 7.11 Å². The first-order valence-electron chi connectivity index (χ1n) is 8.75. The molecule has 1 aromatic rings. The molecule has 7 nitrogen and oxygen atoms in total. The largest absolute Gasteiger partial charge is 0.465 e. The lowest BCUT2D eigenvalue weighted by atomic mass is 10.2. The summed E-state index contributed by atoms with van der Waals surface area (Å²) in [4.78, 5) is 16.1. The van der Waals surface area contributed by atoms with E-state index >= 15 is 0 Å². The summed E-state index contributed by atoms with van der Waals surface area (Å²) in [5.41, 5.74) is 0.438. The third-order valence-corrected chi connectivity index (χ3v) is 3.32. The van der Waals surface area contributed by atoms with Crippen LogP contribution in [0.5, 0.6) is 0 Å². The van der Waals surface area contributed by atoms with E-state index < -0.39 is 5.97 Å². The number of furan rings is 1. The topological polar surface area (TPSA) is 85.1 Å². The Balaban J connectivity index is 2.48. The summed E-state index contributed by atoms with van der Waals surface area (Å²) in [5, 5.41) is 6.44. The molecule has 0 radical (unpaired) electrons. The molecule has 7 heteroatoms. The smallest absolute Gasteiger partial charge is 0.341 e. The first-order chi connectivity index (χ1) is 12.0. The van der Waals surface area contributed by atoms with Crippen molar-refractivity contribution < 1.29 is 18.7 Å². The van der Waals surface area contributed by atoms with Crippen LogP contribution in [-0.4, -0.2) is 45.3 Å². The quantitative estimate of drug-likeness (QED) is 0.291. The van der Waals surface area contributed by atoms with Crippen LogP contribution in [-0.2, 0) is 16.0 Å². The Kier molecular flexibility index (Phi) is 9.69. The second-order valence-electron chi connectivity index (χ2n) is 6.12. The van der Waals surface area contributed by atoms with Crippen LogP contribution >= 0.6 is 0 Å². The van der Waals surface area contributed by atoms with E-state index in [1.54, 1.807) is 13.0 Å². The van der Waals surface area contributed by atoms with Gasteiger partial charge in [0.25, 0.3) is 0 Å². The molecule has 25 heavy (non-hydrogen) atoms. The van der Waals surface area contributed by atoms with Gasteiger partial charge in [-0.2, -0.15) is 0 Å². The molecule has 0 bridgehead atoms. The van der Waals surface area contributed by atoms with Crippen LogP contribution in [0.2, 0.25) is 0 Å². The minimum atomic E-state index is -0.400. The van der Waals surface area contributed by atoms with Gasteiger partial charge in [-0.25, -0.2) is 9.79 Å². The second kappa shape index (κ2) is 11.5. The molecule has 1 rings (SSSR count). The minimum Gasteiger partial charge on any atom is -0.465 e. The van der Waals surface area contributed by atoms with Gasteiger partial charge >= 0.3 is 5.97 Å². The molecular formula is C18H31N3O4. The third kappa shape index (κ3) is 8.07. The highest BCUT2D eigenvalue weighted by Gasteiger charge is 2.15. The number of hydrogen-bond acceptors (Lipinski definition) is 5. The van der Waals surface area contributed by atoms with E-state index in [0.29, 0.717) is 35.5 Å². The Labute approximate surface area is 150 Å². The van der Waals surface area contributed by atoms with Crippen molar-refractivity contribution in [1.29, 1.82) is 0 Å². The fraction of sp³-hybridized carbons (Fsp3) is 0.667. The maximum atomic E-state index is 11.6. The fourth-order valence-electron chi connectivity index (χ4n) is 2.13. The van der Waals surface area contributed by atoms with Crippen LogP contribution in [0.15, 0.2) is 15.5 Å². The van der Waals surface area contributed by atoms with Crippen LogP contribution in [0.25, 0.3) is 0 Å². The molecule has 0 aliphatic heterocycles. The molecule has 0 aromatic carbocycles. The molecule has 0 spiro atoms.